The summed E-state index contributed by atoms with van der Waals surface area (Å²) in [5, 5.41) is 8.14. The lowest BCUT2D eigenvalue weighted by Crippen LogP contribution is -2.46. The lowest BCUT2D eigenvalue weighted by atomic mass is 9.77. The van der Waals surface area contributed by atoms with E-state index in [9.17, 15) is 4.79 Å². The van der Waals surface area contributed by atoms with E-state index in [0.29, 0.717) is 71.2 Å². The predicted molar refractivity (Wildman–Crippen MR) is 237 cm³/mol. The number of aliphatic imine (C=N–C) groups is 1. The number of anilines is 1. The molecular formula is C41H65BrN6O7Si2. The van der Waals surface area contributed by atoms with E-state index in [2.05, 4.69) is 65.4 Å². The van der Waals surface area contributed by atoms with Crippen LogP contribution >= 0.6 is 15.9 Å². The number of hydrogen-bond donors (Lipinski definition) is 1. The van der Waals surface area contributed by atoms with Crippen molar-refractivity contribution in [3.05, 3.63) is 58.5 Å². The van der Waals surface area contributed by atoms with Crippen molar-refractivity contribution in [2.75, 3.05) is 79.3 Å². The molecule has 0 atom stereocenters. The molecule has 1 aliphatic carbocycles. The van der Waals surface area contributed by atoms with Gasteiger partial charge >= 0.3 is 5.97 Å². The lowest BCUT2D eigenvalue weighted by Gasteiger charge is -2.38. The van der Waals surface area contributed by atoms with Gasteiger partial charge in [-0.25, -0.2) is 9.78 Å². The van der Waals surface area contributed by atoms with E-state index in [0.717, 1.165) is 44.9 Å². The first-order chi connectivity index (χ1) is 27.2. The molecule has 0 radical (unpaired) electrons. The van der Waals surface area contributed by atoms with Gasteiger partial charge < -0.3 is 38.6 Å². The normalized spacial score (nSPS) is 18.1. The topological polar surface area (TPSA) is 130 Å². The number of hydrogen-bond acceptors (Lipinski definition) is 12. The van der Waals surface area contributed by atoms with Crippen LogP contribution in [0.1, 0.15) is 42.9 Å². The number of halogens is 1. The Balaban J connectivity index is 1.80. The van der Waals surface area contributed by atoms with Gasteiger partial charge in [0, 0.05) is 80.1 Å². The van der Waals surface area contributed by atoms with Crippen molar-refractivity contribution in [2.24, 2.45) is 4.99 Å². The number of para-hydroxylation sites is 1. The quantitative estimate of drug-likeness (QED) is 0.0308. The Hall–Kier alpha value is -2.97. The van der Waals surface area contributed by atoms with Crippen molar-refractivity contribution in [1.82, 2.24) is 19.9 Å². The molecule has 2 aromatic heterocycles. The minimum atomic E-state index is -1.33. The van der Waals surface area contributed by atoms with E-state index >= 15 is 0 Å². The van der Waals surface area contributed by atoms with E-state index in [4.69, 9.17) is 43.5 Å². The molecule has 1 saturated carbocycles. The van der Waals surface area contributed by atoms with Gasteiger partial charge in [0.05, 0.1) is 41.9 Å². The first-order valence-electron chi connectivity index (χ1n) is 20.0. The summed E-state index contributed by atoms with van der Waals surface area (Å²) in [7, 11) is 2.42. The fourth-order valence-corrected chi connectivity index (χ4v) is 8.77. The van der Waals surface area contributed by atoms with Crippen molar-refractivity contribution in [2.45, 2.75) is 88.6 Å². The second-order valence-electron chi connectivity index (χ2n) is 16.9. The van der Waals surface area contributed by atoms with Crippen LogP contribution in [-0.4, -0.2) is 123 Å². The van der Waals surface area contributed by atoms with Crippen LogP contribution in [0.2, 0.25) is 51.4 Å². The Labute approximate surface area is 350 Å². The Kier molecular flexibility index (Phi) is 18.4. The molecule has 0 saturated heterocycles. The zero-order chi connectivity index (χ0) is 41.5. The van der Waals surface area contributed by atoms with Crippen molar-refractivity contribution >= 4 is 67.0 Å². The third kappa shape index (κ3) is 14.1. The van der Waals surface area contributed by atoms with Gasteiger partial charge in [-0.2, -0.15) is 9.61 Å². The molecule has 1 aliphatic rings. The molecule has 0 aliphatic heterocycles. The number of ether oxygens (including phenoxy) is 6. The van der Waals surface area contributed by atoms with Crippen LogP contribution in [0.3, 0.4) is 0 Å². The fraction of sp³-hybridized carbons (Fsp3) is 0.610. The smallest absolute Gasteiger partial charge is 0.338 e. The summed E-state index contributed by atoms with van der Waals surface area (Å²) in [4.78, 5) is 25.8. The summed E-state index contributed by atoms with van der Waals surface area (Å²) in [6, 6.07) is 11.9. The lowest BCUT2D eigenvalue weighted by molar-refractivity contribution is -0.181. The number of nitrogens with one attached hydrogen (secondary N) is 1. The molecule has 0 spiro atoms. The third-order valence-corrected chi connectivity index (χ3v) is 14.0. The number of nitrogens with zero attached hydrogens (tertiary/aromatic N) is 5. The van der Waals surface area contributed by atoms with Gasteiger partial charge in [-0.1, -0.05) is 57.5 Å². The number of carbonyl (C=O) groups is 1. The zero-order valence-corrected chi connectivity index (χ0v) is 39.2. The number of esters is 1. The minimum absolute atomic E-state index is 0.00557. The van der Waals surface area contributed by atoms with Crippen LogP contribution in [-0.2, 0) is 33.2 Å². The molecule has 0 amide bonds. The summed E-state index contributed by atoms with van der Waals surface area (Å²) < 4.78 is 37.8. The van der Waals surface area contributed by atoms with Crippen LogP contribution < -0.4 is 10.2 Å². The Bertz CT molecular complexity index is 1730. The SMILES string of the molecule is CN/C=C(\C=N\c1ccccc1)c1cnn2c(N(COCC[Si](C)(C)C)COCC[Si](C)(C)C)c(Br)c(C3CCC(OCCOC)(C(=O)OCCOC)CC3)nc12. The van der Waals surface area contributed by atoms with Crippen molar-refractivity contribution in [3.63, 3.8) is 0 Å². The fourth-order valence-electron chi connectivity index (χ4n) is 6.42. The summed E-state index contributed by atoms with van der Waals surface area (Å²) in [6.07, 6.45) is 7.80. The van der Waals surface area contributed by atoms with Crippen molar-refractivity contribution in [1.29, 1.82) is 0 Å². The monoisotopic (exact) mass is 888 g/mol. The standard InChI is InChI=1S/C41H65BrN6O7Si2/c1-43-27-33(28-44-34-13-11-10-12-14-34)35-29-45-48-38(35)46-37(32-15-17-41(18-16-32,55-22-20-51-3)40(49)54-21-19-50-2)36(42)39(48)47(30-52-23-25-56(4,5)6)31-53-24-26-57(7,8)9/h10-14,27-29,32,43H,15-26,30-31H2,1-9H3/b33-27+,44-28+. The zero-order valence-electron chi connectivity index (χ0n) is 35.6. The molecule has 0 unspecified atom stereocenters. The minimum Gasteiger partial charge on any atom is -0.461 e. The molecule has 16 heteroatoms. The number of methoxy groups -OCH3 is 2. The summed E-state index contributed by atoms with van der Waals surface area (Å²) in [5.41, 5.74) is 2.93. The average molecular weight is 890 g/mol. The third-order valence-electron chi connectivity index (χ3n) is 9.84. The summed E-state index contributed by atoms with van der Waals surface area (Å²) >= 11 is 4.04. The molecule has 2 heterocycles. The molecule has 4 rings (SSSR count). The van der Waals surface area contributed by atoms with Crippen molar-refractivity contribution in [3.8, 4) is 0 Å². The van der Waals surface area contributed by atoms with Crippen LogP contribution in [0.4, 0.5) is 11.5 Å². The molecule has 1 fully saturated rings. The molecule has 1 N–H and O–H groups in total. The van der Waals surface area contributed by atoms with Crippen LogP contribution in [0.25, 0.3) is 11.2 Å². The molecule has 13 nitrogen and oxygen atoms in total. The van der Waals surface area contributed by atoms with E-state index in [1.807, 2.05) is 60.5 Å². The molecular weight excluding hydrogens is 825 g/mol. The van der Waals surface area contributed by atoms with Gasteiger partial charge in [-0.3, -0.25) is 4.99 Å². The van der Waals surface area contributed by atoms with E-state index < -0.39 is 21.7 Å². The van der Waals surface area contributed by atoms with Crippen LogP contribution in [0, 0.1) is 0 Å². The number of allylic oxidation sites excluding steroid dienone is 1. The molecule has 0 bridgehead atoms. The Morgan fingerprint density at radius 3 is 2.14 bits per heavy atom. The molecule has 57 heavy (non-hydrogen) atoms. The van der Waals surface area contributed by atoms with Gasteiger partial charge in [-0.15, -0.1) is 0 Å². The summed E-state index contributed by atoms with van der Waals surface area (Å²) in [5.74, 6) is 0.416. The predicted octanol–water partition coefficient (Wildman–Crippen LogP) is 8.13. The first kappa shape index (κ1) is 46.7. The van der Waals surface area contributed by atoms with Gasteiger partial charge in [0.2, 0.25) is 0 Å². The number of carbonyl (C=O) groups excluding carboxylic acids is 1. The van der Waals surface area contributed by atoms with E-state index in [1.54, 1.807) is 14.2 Å². The molecule has 3 aromatic rings. The maximum Gasteiger partial charge on any atom is 0.338 e. The molecule has 1 aromatic carbocycles. The van der Waals surface area contributed by atoms with Crippen LogP contribution in [0.15, 0.2) is 52.2 Å². The summed E-state index contributed by atoms with van der Waals surface area (Å²) in [6.45, 7) is 17.2. The number of benzene rings is 1. The van der Waals surface area contributed by atoms with Gasteiger partial charge in [-0.05, 0) is 65.8 Å². The number of rotatable bonds is 24. The highest BCUT2D eigenvalue weighted by atomic mass is 79.9. The maximum atomic E-state index is 13.6. The Morgan fingerprint density at radius 1 is 0.947 bits per heavy atom. The maximum absolute atomic E-state index is 13.6. The highest BCUT2D eigenvalue weighted by Crippen LogP contribution is 2.45. The molecule has 316 valence electrons. The van der Waals surface area contributed by atoms with Gasteiger partial charge in [0.1, 0.15) is 20.1 Å². The highest BCUT2D eigenvalue weighted by molar-refractivity contribution is 9.10. The highest BCUT2D eigenvalue weighted by Gasteiger charge is 2.45. The van der Waals surface area contributed by atoms with Gasteiger partial charge in [0.15, 0.2) is 17.1 Å². The van der Waals surface area contributed by atoms with Gasteiger partial charge in [0.25, 0.3) is 0 Å². The van der Waals surface area contributed by atoms with E-state index in [-0.39, 0.29) is 25.1 Å². The number of aromatic nitrogens is 3. The van der Waals surface area contributed by atoms with Crippen LogP contribution in [0.5, 0.6) is 0 Å². The second-order valence-corrected chi connectivity index (χ2v) is 28.9. The number of fused-ring (bicyclic) bond motifs is 1. The first-order valence-corrected chi connectivity index (χ1v) is 28.2. The van der Waals surface area contributed by atoms with Crippen molar-refractivity contribution < 1.29 is 33.2 Å². The second kappa shape index (κ2) is 22.4. The largest absolute Gasteiger partial charge is 0.461 e. The Morgan fingerprint density at radius 2 is 1.56 bits per heavy atom. The average Bonchev–Trinajstić information content (AvgIpc) is 3.59. The van der Waals surface area contributed by atoms with E-state index in [1.165, 1.54) is 0 Å².